The molecular weight excluding hydrogens is 274 g/mol. The number of nitro groups is 1. The largest absolute Gasteiger partial charge is 0.475 e. The van der Waals surface area contributed by atoms with E-state index < -0.39 is 16.5 Å². The van der Waals surface area contributed by atoms with E-state index in [1.807, 2.05) is 0 Å². The van der Waals surface area contributed by atoms with Crippen molar-refractivity contribution in [2.75, 3.05) is 6.61 Å². The zero-order valence-electron chi connectivity index (χ0n) is 10.8. The molecule has 1 aromatic rings. The number of rotatable bonds is 5. The van der Waals surface area contributed by atoms with Gasteiger partial charge in [-0.3, -0.25) is 10.1 Å². The second-order valence-electron chi connectivity index (χ2n) is 4.20. The van der Waals surface area contributed by atoms with Crippen LogP contribution in [0.1, 0.15) is 20.8 Å². The summed E-state index contributed by atoms with van der Waals surface area (Å²) in [7, 11) is 0. The van der Waals surface area contributed by atoms with Gasteiger partial charge in [0, 0.05) is 12.1 Å². The van der Waals surface area contributed by atoms with Gasteiger partial charge < -0.3 is 9.47 Å². The van der Waals surface area contributed by atoms with Crippen molar-refractivity contribution in [2.24, 2.45) is 0 Å². The van der Waals surface area contributed by atoms with E-state index in [0.717, 1.165) is 6.07 Å². The topological polar surface area (TPSA) is 78.7 Å². The molecule has 0 fully saturated rings. The van der Waals surface area contributed by atoms with Crippen molar-refractivity contribution >= 4 is 23.3 Å². The van der Waals surface area contributed by atoms with Crippen LogP contribution in [0.15, 0.2) is 18.2 Å². The number of carbonyl (C=O) groups is 1. The van der Waals surface area contributed by atoms with Crippen LogP contribution in [0.25, 0.3) is 0 Å². The minimum atomic E-state index is -1.23. The fraction of sp³-hybridized carbons (Fsp3) is 0.417. The van der Waals surface area contributed by atoms with E-state index in [1.165, 1.54) is 26.0 Å². The highest BCUT2D eigenvalue weighted by Crippen LogP contribution is 2.31. The molecule has 0 atom stereocenters. The molecule has 0 aliphatic rings. The first kappa shape index (κ1) is 15.2. The lowest BCUT2D eigenvalue weighted by molar-refractivity contribution is -0.384. The molecule has 1 aromatic carbocycles. The monoisotopic (exact) mass is 287 g/mol. The van der Waals surface area contributed by atoms with Crippen LogP contribution in [0.4, 0.5) is 5.69 Å². The van der Waals surface area contributed by atoms with E-state index in [-0.39, 0.29) is 23.1 Å². The molecule has 0 aromatic heterocycles. The highest BCUT2D eigenvalue weighted by Gasteiger charge is 2.32. The predicted molar refractivity (Wildman–Crippen MR) is 69.4 cm³/mol. The van der Waals surface area contributed by atoms with Gasteiger partial charge in [0.25, 0.3) is 5.69 Å². The molecule has 0 unspecified atom stereocenters. The molecule has 0 aliphatic carbocycles. The maximum atomic E-state index is 11.7. The van der Waals surface area contributed by atoms with Gasteiger partial charge >= 0.3 is 5.97 Å². The summed E-state index contributed by atoms with van der Waals surface area (Å²) < 4.78 is 10.3. The molecule has 0 saturated carbocycles. The van der Waals surface area contributed by atoms with Crippen LogP contribution >= 0.6 is 11.6 Å². The average Bonchev–Trinajstić information content (AvgIpc) is 2.31. The SMILES string of the molecule is CCOC(=O)C(C)(C)Oc1ccc([N+](=O)[O-])cc1Cl. The maximum absolute atomic E-state index is 11.7. The Morgan fingerprint density at radius 1 is 1.47 bits per heavy atom. The van der Waals surface area contributed by atoms with Gasteiger partial charge in [-0.1, -0.05) is 11.6 Å². The van der Waals surface area contributed by atoms with Gasteiger partial charge in [-0.2, -0.15) is 0 Å². The normalized spacial score (nSPS) is 10.9. The average molecular weight is 288 g/mol. The van der Waals surface area contributed by atoms with Crippen molar-refractivity contribution in [2.45, 2.75) is 26.4 Å². The highest BCUT2D eigenvalue weighted by molar-refractivity contribution is 6.32. The van der Waals surface area contributed by atoms with Crippen LogP contribution in [0.3, 0.4) is 0 Å². The Morgan fingerprint density at radius 3 is 2.58 bits per heavy atom. The van der Waals surface area contributed by atoms with Gasteiger partial charge in [-0.15, -0.1) is 0 Å². The van der Waals surface area contributed by atoms with Crippen LogP contribution in [-0.2, 0) is 9.53 Å². The molecule has 0 N–H and O–H groups in total. The van der Waals surface area contributed by atoms with Gasteiger partial charge in [-0.05, 0) is 26.8 Å². The van der Waals surface area contributed by atoms with Crippen molar-refractivity contribution in [1.29, 1.82) is 0 Å². The molecule has 0 bridgehead atoms. The first-order chi connectivity index (χ1) is 8.77. The lowest BCUT2D eigenvalue weighted by Crippen LogP contribution is -2.39. The number of esters is 1. The zero-order valence-corrected chi connectivity index (χ0v) is 11.6. The fourth-order valence-electron chi connectivity index (χ4n) is 1.31. The Balaban J connectivity index is 2.93. The summed E-state index contributed by atoms with van der Waals surface area (Å²) in [6.07, 6.45) is 0. The molecule has 0 heterocycles. The molecule has 0 radical (unpaired) electrons. The van der Waals surface area contributed by atoms with Gasteiger partial charge in [0.05, 0.1) is 16.6 Å². The number of benzene rings is 1. The smallest absolute Gasteiger partial charge is 0.349 e. The third-order valence-electron chi connectivity index (χ3n) is 2.26. The Morgan fingerprint density at radius 2 is 2.11 bits per heavy atom. The summed E-state index contributed by atoms with van der Waals surface area (Å²) >= 11 is 5.88. The first-order valence-corrected chi connectivity index (χ1v) is 5.96. The van der Waals surface area contributed by atoms with E-state index in [2.05, 4.69) is 0 Å². The van der Waals surface area contributed by atoms with Crippen LogP contribution in [0.5, 0.6) is 5.75 Å². The Labute approximate surface area is 115 Å². The van der Waals surface area contributed by atoms with Crippen molar-refractivity contribution in [3.8, 4) is 5.75 Å². The molecule has 1 rings (SSSR count). The summed E-state index contributed by atoms with van der Waals surface area (Å²) in [5.74, 6) is -0.352. The Kier molecular flexibility index (Phi) is 4.72. The fourth-order valence-corrected chi connectivity index (χ4v) is 1.52. The van der Waals surface area contributed by atoms with E-state index in [9.17, 15) is 14.9 Å². The molecule has 19 heavy (non-hydrogen) atoms. The third-order valence-corrected chi connectivity index (χ3v) is 2.55. The van der Waals surface area contributed by atoms with E-state index in [4.69, 9.17) is 21.1 Å². The maximum Gasteiger partial charge on any atom is 0.349 e. The molecule has 0 amide bonds. The quantitative estimate of drug-likeness (QED) is 0.472. The number of nitrogens with zero attached hydrogens (tertiary/aromatic N) is 1. The number of non-ortho nitro benzene ring substituents is 1. The van der Waals surface area contributed by atoms with E-state index in [0.29, 0.717) is 0 Å². The molecule has 7 heteroatoms. The number of hydrogen-bond donors (Lipinski definition) is 0. The summed E-state index contributed by atoms with van der Waals surface area (Å²) in [4.78, 5) is 21.7. The lowest BCUT2D eigenvalue weighted by Gasteiger charge is -2.24. The second-order valence-corrected chi connectivity index (χ2v) is 4.61. The molecule has 6 nitrogen and oxygen atoms in total. The van der Waals surface area contributed by atoms with Crippen LogP contribution < -0.4 is 4.74 Å². The van der Waals surface area contributed by atoms with E-state index in [1.54, 1.807) is 6.92 Å². The summed E-state index contributed by atoms with van der Waals surface area (Å²) in [5.41, 5.74) is -1.37. The van der Waals surface area contributed by atoms with Crippen LogP contribution in [-0.4, -0.2) is 23.1 Å². The van der Waals surface area contributed by atoms with Gasteiger partial charge in [0.1, 0.15) is 5.75 Å². The minimum absolute atomic E-state index is 0.0616. The second kappa shape index (κ2) is 5.88. The number of hydrogen-bond acceptors (Lipinski definition) is 5. The zero-order chi connectivity index (χ0) is 14.6. The van der Waals surface area contributed by atoms with Gasteiger partial charge in [-0.25, -0.2) is 4.79 Å². The Bertz CT molecular complexity index is 501. The van der Waals surface area contributed by atoms with Crippen molar-refractivity contribution in [3.05, 3.63) is 33.3 Å². The number of nitro benzene ring substituents is 1. The highest BCUT2D eigenvalue weighted by atomic mass is 35.5. The van der Waals surface area contributed by atoms with E-state index >= 15 is 0 Å². The molecule has 0 saturated heterocycles. The first-order valence-electron chi connectivity index (χ1n) is 5.58. The molecule has 104 valence electrons. The van der Waals surface area contributed by atoms with Gasteiger partial charge in [0.2, 0.25) is 0 Å². The Hall–Kier alpha value is -1.82. The number of ether oxygens (including phenoxy) is 2. The van der Waals surface area contributed by atoms with Crippen molar-refractivity contribution < 1.29 is 19.2 Å². The van der Waals surface area contributed by atoms with Crippen molar-refractivity contribution in [3.63, 3.8) is 0 Å². The summed E-state index contributed by atoms with van der Waals surface area (Å²) in [6, 6.07) is 3.77. The lowest BCUT2D eigenvalue weighted by atomic mass is 10.1. The van der Waals surface area contributed by atoms with Crippen LogP contribution in [0.2, 0.25) is 5.02 Å². The standard InChI is InChI=1S/C12H14ClNO5/c1-4-18-11(15)12(2,3)19-10-6-5-8(14(16)17)7-9(10)13/h5-7H,4H2,1-3H3. The third kappa shape index (κ3) is 3.82. The minimum Gasteiger partial charge on any atom is -0.475 e. The molecule has 0 spiro atoms. The van der Waals surface area contributed by atoms with Crippen molar-refractivity contribution in [1.82, 2.24) is 0 Å². The van der Waals surface area contributed by atoms with Crippen LogP contribution in [0, 0.1) is 10.1 Å². The number of halogens is 1. The predicted octanol–water partition coefficient (Wildman–Crippen LogP) is 2.97. The summed E-state index contributed by atoms with van der Waals surface area (Å²) in [6.45, 7) is 4.98. The molecule has 0 aliphatic heterocycles. The molecular formula is C12H14ClNO5. The number of carbonyl (C=O) groups excluding carboxylic acids is 1. The van der Waals surface area contributed by atoms with Gasteiger partial charge in [0.15, 0.2) is 5.60 Å². The summed E-state index contributed by atoms with van der Waals surface area (Å²) in [5, 5.41) is 10.6.